The lowest BCUT2D eigenvalue weighted by Gasteiger charge is -2.06. The smallest absolute Gasteiger partial charge is 0.220 e. The van der Waals surface area contributed by atoms with Crippen LogP contribution in [0.25, 0.3) is 10.9 Å². The Morgan fingerprint density at radius 3 is 2.73 bits per heavy atom. The molecule has 4 nitrogen and oxygen atoms in total. The summed E-state index contributed by atoms with van der Waals surface area (Å²) in [7, 11) is 0. The van der Waals surface area contributed by atoms with E-state index < -0.39 is 0 Å². The summed E-state index contributed by atoms with van der Waals surface area (Å²) in [5, 5.41) is 4.26. The van der Waals surface area contributed by atoms with Gasteiger partial charge in [-0.3, -0.25) is 9.78 Å². The second-order valence-corrected chi connectivity index (χ2v) is 7.78. The Morgan fingerprint density at radius 2 is 1.90 bits per heavy atom. The molecule has 1 N–H and O–H groups in total. The van der Waals surface area contributed by atoms with E-state index in [1.165, 1.54) is 27.6 Å². The number of hydrogen-bond donors (Lipinski definition) is 1. The van der Waals surface area contributed by atoms with Gasteiger partial charge in [-0.25, -0.2) is 0 Å². The molecule has 0 atom stereocenters. The van der Waals surface area contributed by atoms with Crippen molar-refractivity contribution >= 4 is 16.8 Å². The molecule has 0 unspecified atom stereocenters. The van der Waals surface area contributed by atoms with Gasteiger partial charge in [-0.2, -0.15) is 0 Å². The standard InChI is InChI=1S/C26H27N3O/c1-20-7-4-8-21(15-20)18-29-19-23(24-11-2-3-12-25(24)29)10-5-13-26(30)28-17-22-9-6-14-27-16-22/h2-4,6-9,11-12,14-16,19H,5,10,13,17-18H2,1H3,(H,28,30). The lowest BCUT2D eigenvalue weighted by atomic mass is 10.1. The van der Waals surface area contributed by atoms with Gasteiger partial charge >= 0.3 is 0 Å². The number of fused-ring (bicyclic) bond motifs is 1. The number of nitrogens with zero attached hydrogens (tertiary/aromatic N) is 2. The molecule has 0 spiro atoms. The van der Waals surface area contributed by atoms with Crippen LogP contribution in [0.1, 0.15) is 35.1 Å². The van der Waals surface area contributed by atoms with Crippen LogP contribution in [-0.4, -0.2) is 15.5 Å². The molecule has 152 valence electrons. The van der Waals surface area contributed by atoms with E-state index in [9.17, 15) is 4.79 Å². The maximum atomic E-state index is 12.2. The van der Waals surface area contributed by atoms with E-state index in [2.05, 4.69) is 76.5 Å². The highest BCUT2D eigenvalue weighted by Gasteiger charge is 2.10. The van der Waals surface area contributed by atoms with Gasteiger partial charge in [0, 0.05) is 49.0 Å². The van der Waals surface area contributed by atoms with Crippen LogP contribution >= 0.6 is 0 Å². The molecule has 1 amide bonds. The van der Waals surface area contributed by atoms with Crippen LogP contribution in [0, 0.1) is 6.92 Å². The van der Waals surface area contributed by atoms with E-state index in [0.717, 1.165) is 24.9 Å². The van der Waals surface area contributed by atoms with Gasteiger partial charge in [0.1, 0.15) is 0 Å². The summed E-state index contributed by atoms with van der Waals surface area (Å²) in [6.07, 6.45) is 8.02. The lowest BCUT2D eigenvalue weighted by Crippen LogP contribution is -2.22. The highest BCUT2D eigenvalue weighted by Crippen LogP contribution is 2.24. The number of amides is 1. The maximum absolute atomic E-state index is 12.2. The zero-order valence-corrected chi connectivity index (χ0v) is 17.3. The fraction of sp³-hybridized carbons (Fsp3) is 0.231. The van der Waals surface area contributed by atoms with Crippen molar-refractivity contribution in [3.63, 3.8) is 0 Å². The molecule has 0 fully saturated rings. The second kappa shape index (κ2) is 9.40. The number of nitrogens with one attached hydrogen (secondary N) is 1. The number of pyridine rings is 1. The van der Waals surface area contributed by atoms with E-state index in [-0.39, 0.29) is 5.91 Å². The molecular weight excluding hydrogens is 370 g/mol. The molecule has 0 aliphatic heterocycles. The largest absolute Gasteiger partial charge is 0.352 e. The van der Waals surface area contributed by atoms with Crippen molar-refractivity contribution in [3.05, 3.63) is 102 Å². The number of aryl methyl sites for hydroxylation is 2. The fourth-order valence-corrected chi connectivity index (χ4v) is 3.89. The second-order valence-electron chi connectivity index (χ2n) is 7.78. The molecule has 0 radical (unpaired) electrons. The van der Waals surface area contributed by atoms with Crippen LogP contribution in [0.3, 0.4) is 0 Å². The number of para-hydroxylation sites is 1. The predicted octanol–water partition coefficient (Wildman–Crippen LogP) is 5.03. The summed E-state index contributed by atoms with van der Waals surface area (Å²) in [4.78, 5) is 16.3. The SMILES string of the molecule is Cc1cccc(Cn2cc(CCCC(=O)NCc3cccnc3)c3ccccc32)c1. The zero-order chi connectivity index (χ0) is 20.8. The molecule has 4 heteroatoms. The van der Waals surface area contributed by atoms with Crippen molar-refractivity contribution in [2.24, 2.45) is 0 Å². The van der Waals surface area contributed by atoms with Crippen molar-refractivity contribution in [1.82, 2.24) is 14.9 Å². The molecule has 2 heterocycles. The third-order valence-corrected chi connectivity index (χ3v) is 5.37. The first-order valence-electron chi connectivity index (χ1n) is 10.5. The number of rotatable bonds is 8. The molecule has 2 aromatic heterocycles. The van der Waals surface area contributed by atoms with Gasteiger partial charge in [0.2, 0.25) is 5.91 Å². The monoisotopic (exact) mass is 397 g/mol. The van der Waals surface area contributed by atoms with Crippen LogP contribution in [0.15, 0.2) is 79.3 Å². The first-order valence-corrected chi connectivity index (χ1v) is 10.5. The van der Waals surface area contributed by atoms with Crippen molar-refractivity contribution in [2.75, 3.05) is 0 Å². The maximum Gasteiger partial charge on any atom is 0.220 e. The summed E-state index contributed by atoms with van der Waals surface area (Å²) in [5.74, 6) is 0.0855. The van der Waals surface area contributed by atoms with Crippen molar-refractivity contribution in [2.45, 2.75) is 39.3 Å². The first kappa shape index (κ1) is 19.9. The highest BCUT2D eigenvalue weighted by molar-refractivity contribution is 5.84. The molecule has 2 aromatic carbocycles. The quantitative estimate of drug-likeness (QED) is 0.453. The van der Waals surface area contributed by atoms with Crippen LogP contribution in [-0.2, 0) is 24.3 Å². The Bertz CT molecular complexity index is 1130. The summed E-state index contributed by atoms with van der Waals surface area (Å²) in [6, 6.07) is 21.0. The van der Waals surface area contributed by atoms with E-state index >= 15 is 0 Å². The van der Waals surface area contributed by atoms with Gasteiger partial charge in [0.25, 0.3) is 0 Å². The molecule has 0 saturated carbocycles. The van der Waals surface area contributed by atoms with Crippen LogP contribution in [0.5, 0.6) is 0 Å². The molecule has 0 aliphatic rings. The Kier molecular flexibility index (Phi) is 6.23. The third-order valence-electron chi connectivity index (χ3n) is 5.37. The minimum Gasteiger partial charge on any atom is -0.352 e. The number of hydrogen-bond acceptors (Lipinski definition) is 2. The first-order chi connectivity index (χ1) is 14.7. The number of carbonyl (C=O) groups is 1. The third kappa shape index (κ3) is 4.95. The fourth-order valence-electron chi connectivity index (χ4n) is 3.89. The highest BCUT2D eigenvalue weighted by atomic mass is 16.1. The summed E-state index contributed by atoms with van der Waals surface area (Å²) < 4.78 is 2.32. The van der Waals surface area contributed by atoms with Gasteiger partial charge in [-0.15, -0.1) is 0 Å². The molecule has 4 aromatic rings. The van der Waals surface area contributed by atoms with Crippen molar-refractivity contribution in [3.8, 4) is 0 Å². The summed E-state index contributed by atoms with van der Waals surface area (Å²) >= 11 is 0. The average molecular weight is 398 g/mol. The molecule has 0 saturated heterocycles. The molecule has 0 aliphatic carbocycles. The van der Waals surface area contributed by atoms with Gasteiger partial charge in [0.05, 0.1) is 0 Å². The Morgan fingerprint density at radius 1 is 1.03 bits per heavy atom. The summed E-state index contributed by atoms with van der Waals surface area (Å²) in [6.45, 7) is 3.51. The Balaban J connectivity index is 1.38. The molecular formula is C26H27N3O. The predicted molar refractivity (Wildman–Crippen MR) is 121 cm³/mol. The molecule has 0 bridgehead atoms. The van der Waals surface area contributed by atoms with Gasteiger partial charge in [-0.05, 0) is 48.6 Å². The van der Waals surface area contributed by atoms with Crippen molar-refractivity contribution in [1.29, 1.82) is 0 Å². The lowest BCUT2D eigenvalue weighted by molar-refractivity contribution is -0.121. The number of aromatic nitrogens is 2. The minimum absolute atomic E-state index is 0.0855. The zero-order valence-electron chi connectivity index (χ0n) is 17.3. The Hall–Kier alpha value is -3.40. The van der Waals surface area contributed by atoms with Crippen LogP contribution < -0.4 is 5.32 Å². The van der Waals surface area contributed by atoms with Crippen LogP contribution in [0.4, 0.5) is 0 Å². The van der Waals surface area contributed by atoms with Gasteiger partial charge < -0.3 is 9.88 Å². The van der Waals surface area contributed by atoms with E-state index in [0.29, 0.717) is 13.0 Å². The van der Waals surface area contributed by atoms with E-state index in [1.54, 1.807) is 12.4 Å². The minimum atomic E-state index is 0.0855. The average Bonchev–Trinajstić information content (AvgIpc) is 3.11. The van der Waals surface area contributed by atoms with E-state index in [4.69, 9.17) is 0 Å². The number of benzene rings is 2. The topological polar surface area (TPSA) is 46.9 Å². The Labute approximate surface area is 177 Å². The molecule has 4 rings (SSSR count). The van der Waals surface area contributed by atoms with Crippen LogP contribution in [0.2, 0.25) is 0 Å². The van der Waals surface area contributed by atoms with E-state index in [1.807, 2.05) is 12.1 Å². The summed E-state index contributed by atoms with van der Waals surface area (Å²) in [5.41, 5.74) is 6.15. The van der Waals surface area contributed by atoms with Gasteiger partial charge in [-0.1, -0.05) is 54.1 Å². The normalized spacial score (nSPS) is 11.0. The molecule has 30 heavy (non-hydrogen) atoms. The number of carbonyl (C=O) groups excluding carboxylic acids is 1. The van der Waals surface area contributed by atoms with Crippen molar-refractivity contribution < 1.29 is 4.79 Å². The van der Waals surface area contributed by atoms with Gasteiger partial charge in [0.15, 0.2) is 0 Å².